The Hall–Kier alpha value is -2.04. The lowest BCUT2D eigenvalue weighted by Crippen LogP contribution is -2.33. The number of phenolic OH excluding ortho intramolecular Hbond substituents is 1. The van der Waals surface area contributed by atoms with Gasteiger partial charge in [0, 0.05) is 13.1 Å². The summed E-state index contributed by atoms with van der Waals surface area (Å²) in [6.45, 7) is 4.40. The second-order valence-electron chi connectivity index (χ2n) is 4.23. The summed E-state index contributed by atoms with van der Waals surface area (Å²) in [7, 11) is 1.31. The van der Waals surface area contributed by atoms with E-state index in [0.29, 0.717) is 6.54 Å². The molecule has 0 saturated carbocycles. The summed E-state index contributed by atoms with van der Waals surface area (Å²) >= 11 is 0. The Bertz CT molecular complexity index is 471. The average molecular weight is 265 g/mol. The zero-order chi connectivity index (χ0) is 14.4. The van der Waals surface area contributed by atoms with Crippen molar-refractivity contribution in [2.75, 3.05) is 20.2 Å². The first-order chi connectivity index (χ1) is 8.99. The summed E-state index contributed by atoms with van der Waals surface area (Å²) in [5.41, 5.74) is 1.15. The SMILES string of the molecule is CCN(CCC(=O)OC)C(=O)c1cc(C)ccc1O. The van der Waals surface area contributed by atoms with Gasteiger partial charge in [0.05, 0.1) is 19.1 Å². The van der Waals surface area contributed by atoms with Gasteiger partial charge in [-0.15, -0.1) is 0 Å². The van der Waals surface area contributed by atoms with Gasteiger partial charge in [-0.25, -0.2) is 0 Å². The van der Waals surface area contributed by atoms with Gasteiger partial charge >= 0.3 is 5.97 Å². The molecular weight excluding hydrogens is 246 g/mol. The highest BCUT2D eigenvalue weighted by atomic mass is 16.5. The van der Waals surface area contributed by atoms with Crippen molar-refractivity contribution in [3.05, 3.63) is 29.3 Å². The highest BCUT2D eigenvalue weighted by molar-refractivity contribution is 5.97. The molecule has 1 rings (SSSR count). The largest absolute Gasteiger partial charge is 0.507 e. The standard InChI is InChI=1S/C14H19NO4/c1-4-15(8-7-13(17)19-3)14(18)11-9-10(2)5-6-12(11)16/h5-6,9,16H,4,7-8H2,1-3H3. The van der Waals surface area contributed by atoms with Crippen molar-refractivity contribution in [2.24, 2.45) is 0 Å². The molecule has 0 atom stereocenters. The fourth-order valence-corrected chi connectivity index (χ4v) is 1.72. The van der Waals surface area contributed by atoms with E-state index in [1.165, 1.54) is 18.1 Å². The molecule has 0 aliphatic heterocycles. The number of hydrogen-bond acceptors (Lipinski definition) is 4. The molecule has 0 saturated heterocycles. The van der Waals surface area contributed by atoms with Gasteiger partial charge in [0.25, 0.3) is 5.91 Å². The molecule has 0 heterocycles. The molecule has 0 fully saturated rings. The van der Waals surface area contributed by atoms with Crippen molar-refractivity contribution in [1.82, 2.24) is 4.90 Å². The number of hydrogen-bond donors (Lipinski definition) is 1. The van der Waals surface area contributed by atoms with Gasteiger partial charge in [0.2, 0.25) is 0 Å². The molecule has 0 aliphatic carbocycles. The number of aryl methyl sites for hydroxylation is 1. The molecule has 1 aromatic carbocycles. The second kappa shape index (κ2) is 6.78. The van der Waals surface area contributed by atoms with Crippen molar-refractivity contribution in [3.63, 3.8) is 0 Å². The zero-order valence-electron chi connectivity index (χ0n) is 11.5. The van der Waals surface area contributed by atoms with Crippen molar-refractivity contribution >= 4 is 11.9 Å². The van der Waals surface area contributed by atoms with Crippen LogP contribution >= 0.6 is 0 Å². The Morgan fingerprint density at radius 2 is 2.05 bits per heavy atom. The zero-order valence-corrected chi connectivity index (χ0v) is 11.5. The van der Waals surface area contributed by atoms with Crippen LogP contribution in [-0.4, -0.2) is 42.1 Å². The van der Waals surface area contributed by atoms with Crippen LogP contribution in [0, 0.1) is 6.92 Å². The molecule has 0 bridgehead atoms. The first kappa shape index (κ1) is 15.0. The number of nitrogens with zero attached hydrogens (tertiary/aromatic N) is 1. The van der Waals surface area contributed by atoms with Gasteiger partial charge in [-0.2, -0.15) is 0 Å². The highest BCUT2D eigenvalue weighted by Crippen LogP contribution is 2.20. The number of aromatic hydroxyl groups is 1. The summed E-state index contributed by atoms with van der Waals surface area (Å²) in [6, 6.07) is 4.87. The summed E-state index contributed by atoms with van der Waals surface area (Å²) in [5.74, 6) is -0.695. The lowest BCUT2D eigenvalue weighted by atomic mass is 10.1. The molecule has 0 spiro atoms. The number of carbonyl (C=O) groups is 2. The van der Waals surface area contributed by atoms with Crippen molar-refractivity contribution in [3.8, 4) is 5.75 Å². The van der Waals surface area contributed by atoms with Crippen LogP contribution in [0.3, 0.4) is 0 Å². The van der Waals surface area contributed by atoms with Crippen molar-refractivity contribution < 1.29 is 19.4 Å². The first-order valence-electron chi connectivity index (χ1n) is 6.15. The molecule has 0 aromatic heterocycles. The number of rotatable bonds is 5. The van der Waals surface area contributed by atoms with Crippen LogP contribution in [0.5, 0.6) is 5.75 Å². The van der Waals surface area contributed by atoms with Crippen molar-refractivity contribution in [1.29, 1.82) is 0 Å². The normalized spacial score (nSPS) is 10.1. The molecule has 1 N–H and O–H groups in total. The maximum absolute atomic E-state index is 12.3. The number of methoxy groups -OCH3 is 1. The van der Waals surface area contributed by atoms with Crippen LogP contribution < -0.4 is 0 Å². The molecule has 104 valence electrons. The van der Waals surface area contributed by atoms with Crippen LogP contribution in [0.15, 0.2) is 18.2 Å². The summed E-state index contributed by atoms with van der Waals surface area (Å²) < 4.78 is 4.55. The topological polar surface area (TPSA) is 66.8 Å². The monoisotopic (exact) mass is 265 g/mol. The van der Waals surface area contributed by atoms with E-state index >= 15 is 0 Å². The van der Waals surface area contributed by atoms with E-state index in [9.17, 15) is 14.7 Å². The Morgan fingerprint density at radius 3 is 2.63 bits per heavy atom. The van der Waals surface area contributed by atoms with Crippen LogP contribution in [0.4, 0.5) is 0 Å². The number of amides is 1. The quantitative estimate of drug-likeness (QED) is 0.823. The molecule has 0 aliphatic rings. The van der Waals surface area contributed by atoms with E-state index in [1.54, 1.807) is 12.1 Å². The average Bonchev–Trinajstić information content (AvgIpc) is 2.41. The fraction of sp³-hybridized carbons (Fsp3) is 0.429. The smallest absolute Gasteiger partial charge is 0.307 e. The maximum Gasteiger partial charge on any atom is 0.307 e. The van der Waals surface area contributed by atoms with Crippen LogP contribution in [0.2, 0.25) is 0 Å². The summed E-state index contributed by atoms with van der Waals surface area (Å²) in [5, 5.41) is 9.73. The molecule has 5 heteroatoms. The lowest BCUT2D eigenvalue weighted by Gasteiger charge is -2.21. The third kappa shape index (κ3) is 3.98. The fourth-order valence-electron chi connectivity index (χ4n) is 1.72. The van der Waals surface area contributed by atoms with Gasteiger partial charge in [-0.1, -0.05) is 11.6 Å². The Balaban J connectivity index is 2.83. The molecule has 1 amide bonds. The Kier molecular flexibility index (Phi) is 5.36. The van der Waals surface area contributed by atoms with Crippen molar-refractivity contribution in [2.45, 2.75) is 20.3 Å². The molecule has 0 radical (unpaired) electrons. The maximum atomic E-state index is 12.3. The minimum atomic E-state index is -0.361. The predicted octanol–water partition coefficient (Wildman–Crippen LogP) is 1.73. The van der Waals surface area contributed by atoms with Gasteiger partial charge in [-0.05, 0) is 26.0 Å². The van der Waals surface area contributed by atoms with Crippen LogP contribution in [0.25, 0.3) is 0 Å². The number of carbonyl (C=O) groups excluding carboxylic acids is 2. The molecule has 1 aromatic rings. The van der Waals surface area contributed by atoms with E-state index in [4.69, 9.17) is 0 Å². The van der Waals surface area contributed by atoms with Crippen LogP contribution in [-0.2, 0) is 9.53 Å². The van der Waals surface area contributed by atoms with Gasteiger partial charge in [-0.3, -0.25) is 9.59 Å². The van der Waals surface area contributed by atoms with E-state index in [-0.39, 0.29) is 36.2 Å². The van der Waals surface area contributed by atoms with Gasteiger partial charge < -0.3 is 14.7 Å². The van der Waals surface area contributed by atoms with Gasteiger partial charge in [0.15, 0.2) is 0 Å². The third-order valence-corrected chi connectivity index (χ3v) is 2.86. The molecular formula is C14H19NO4. The van der Waals surface area contributed by atoms with Gasteiger partial charge in [0.1, 0.15) is 5.75 Å². The predicted molar refractivity (Wildman–Crippen MR) is 71.1 cm³/mol. The number of phenols is 1. The van der Waals surface area contributed by atoms with E-state index < -0.39 is 0 Å². The minimum absolute atomic E-state index is 0.0490. The first-order valence-corrected chi connectivity index (χ1v) is 6.15. The Morgan fingerprint density at radius 1 is 1.37 bits per heavy atom. The Labute approximate surface area is 112 Å². The molecule has 0 unspecified atom stereocenters. The van der Waals surface area contributed by atoms with E-state index in [1.807, 2.05) is 13.8 Å². The minimum Gasteiger partial charge on any atom is -0.507 e. The number of ether oxygens (including phenoxy) is 1. The highest BCUT2D eigenvalue weighted by Gasteiger charge is 2.18. The van der Waals surface area contributed by atoms with Crippen LogP contribution in [0.1, 0.15) is 29.3 Å². The second-order valence-corrected chi connectivity index (χ2v) is 4.23. The third-order valence-electron chi connectivity index (χ3n) is 2.86. The number of esters is 1. The lowest BCUT2D eigenvalue weighted by molar-refractivity contribution is -0.140. The molecule has 5 nitrogen and oxygen atoms in total. The summed E-state index contributed by atoms with van der Waals surface area (Å²) in [4.78, 5) is 24.9. The van der Waals surface area contributed by atoms with E-state index in [2.05, 4.69) is 4.74 Å². The van der Waals surface area contributed by atoms with E-state index in [0.717, 1.165) is 5.56 Å². The molecule has 19 heavy (non-hydrogen) atoms. The number of benzene rings is 1. The summed E-state index contributed by atoms with van der Waals surface area (Å²) in [6.07, 6.45) is 0.142.